The van der Waals surface area contributed by atoms with Gasteiger partial charge >= 0.3 is 0 Å². The summed E-state index contributed by atoms with van der Waals surface area (Å²) < 4.78 is 19.7. The van der Waals surface area contributed by atoms with E-state index >= 15 is 0 Å². The van der Waals surface area contributed by atoms with E-state index in [1.54, 1.807) is 0 Å². The lowest BCUT2D eigenvalue weighted by atomic mass is 9.34. The van der Waals surface area contributed by atoms with E-state index in [1.165, 1.54) is 126 Å². The number of hydrogen-bond donors (Lipinski definition) is 0. The molecule has 0 saturated heterocycles. The molecule has 0 radical (unpaired) electrons. The molecule has 0 bridgehead atoms. The van der Waals surface area contributed by atoms with E-state index in [9.17, 15) is 0 Å². The molecular formula is C102H67BN2O2. The van der Waals surface area contributed by atoms with Gasteiger partial charge in [-0.25, -0.2) is 0 Å². The van der Waals surface area contributed by atoms with Gasteiger partial charge in [0.05, 0.1) is 11.0 Å². The molecule has 500 valence electrons. The summed E-state index contributed by atoms with van der Waals surface area (Å²) >= 11 is 0. The van der Waals surface area contributed by atoms with Gasteiger partial charge in [-0.15, -0.1) is 0 Å². The van der Waals surface area contributed by atoms with Crippen LogP contribution in [0.1, 0.15) is 49.9 Å². The highest BCUT2D eigenvalue weighted by atomic mass is 16.3. The molecule has 21 aromatic rings. The third-order valence-corrected chi connectivity index (χ3v) is 24.7. The molecule has 0 saturated carbocycles. The van der Waals surface area contributed by atoms with Gasteiger partial charge in [0, 0.05) is 92.8 Å². The van der Waals surface area contributed by atoms with Crippen LogP contribution in [0.3, 0.4) is 0 Å². The number of nitrogens with zero attached hydrogens (tertiary/aromatic N) is 2. The zero-order chi connectivity index (χ0) is 70.7. The molecule has 0 N–H and O–H groups in total. The molecule has 4 nitrogen and oxygen atoms in total. The average molecular weight is 1360 g/mol. The van der Waals surface area contributed by atoms with Crippen molar-refractivity contribution < 1.29 is 8.83 Å². The number of para-hydroxylation sites is 4. The van der Waals surface area contributed by atoms with Gasteiger partial charge in [0.1, 0.15) is 22.3 Å². The van der Waals surface area contributed by atoms with Gasteiger partial charge in [-0.05, 0) is 165 Å². The largest absolute Gasteiger partial charge is 0.455 e. The van der Waals surface area contributed by atoms with Crippen LogP contribution in [0.25, 0.3) is 187 Å². The van der Waals surface area contributed by atoms with E-state index in [0.29, 0.717) is 0 Å². The second-order valence-corrected chi connectivity index (χ2v) is 30.8. The molecule has 4 aromatic heterocycles. The Morgan fingerprint density at radius 2 is 0.701 bits per heavy atom. The summed E-state index contributed by atoms with van der Waals surface area (Å²) in [6.45, 7) is 9.37. The fraction of sp³-hybridized carbons (Fsp3) is 0.0588. The summed E-state index contributed by atoms with van der Waals surface area (Å²) in [6, 6.07) is 126. The zero-order valence-corrected chi connectivity index (χ0v) is 59.5. The quantitative estimate of drug-likeness (QED) is 0.107. The highest BCUT2D eigenvalue weighted by molar-refractivity contribution is 7.00. The molecule has 2 aliphatic heterocycles. The monoisotopic (exact) mass is 1360 g/mol. The Balaban J connectivity index is 0.928. The number of hydrogen-bond acceptors (Lipinski definition) is 2. The van der Waals surface area contributed by atoms with Crippen LogP contribution in [0.2, 0.25) is 0 Å². The Kier molecular flexibility index (Phi) is 12.5. The first kappa shape index (κ1) is 60.2. The van der Waals surface area contributed by atoms with Crippen molar-refractivity contribution in [2.75, 3.05) is 0 Å². The van der Waals surface area contributed by atoms with Gasteiger partial charge in [0.2, 0.25) is 0 Å². The standard InChI is InChI=1S/C102H67BN2O2/c1-101(2,63-29-10-6-11-30-63)65-49-51-87-82(57-65)83-58-66(102(3,4)64-31-12-7-13-32-64)59-86-97(83)104(87)89-55-62(93-75(80-45-25-43-78-72-38-20-22-47-91(72)106-99(78)80)41-24-42-76(93)81-46-26-44-79-73-39-21-23-48-92(73)107-100(79)81)56-90-96(89)103(86)85-54-61(68-34-15-14-33-67(68)60-27-8-5-9-28-60)53-84-95-88(105(90)98(84)85)52-50-77-71-37-17-16-35-69(71)70-36-18-19-40-74(70)94(77)95/h5-59H,1-4H3. The van der Waals surface area contributed by atoms with Crippen molar-refractivity contribution in [3.63, 3.8) is 0 Å². The molecule has 107 heavy (non-hydrogen) atoms. The third kappa shape index (κ3) is 8.40. The van der Waals surface area contributed by atoms with Crippen molar-refractivity contribution in [1.29, 1.82) is 0 Å². The molecule has 0 fully saturated rings. The summed E-state index contributed by atoms with van der Waals surface area (Å²) in [5.74, 6) is 0. The van der Waals surface area contributed by atoms with Gasteiger partial charge in [0.25, 0.3) is 6.71 Å². The first-order valence-electron chi connectivity index (χ1n) is 37.5. The van der Waals surface area contributed by atoms with Gasteiger partial charge in [-0.2, -0.15) is 0 Å². The lowest BCUT2D eigenvalue weighted by Gasteiger charge is -2.36. The molecule has 0 amide bonds. The smallest absolute Gasteiger partial charge is 0.252 e. The first-order chi connectivity index (χ1) is 52.6. The maximum atomic E-state index is 7.14. The van der Waals surface area contributed by atoms with Gasteiger partial charge in [-0.3, -0.25) is 0 Å². The second-order valence-electron chi connectivity index (χ2n) is 30.8. The van der Waals surface area contributed by atoms with Crippen LogP contribution >= 0.6 is 0 Å². The minimum atomic E-state index is -0.405. The molecule has 2 aliphatic rings. The summed E-state index contributed by atoms with van der Waals surface area (Å²) in [4.78, 5) is 0. The third-order valence-electron chi connectivity index (χ3n) is 24.7. The molecule has 17 aromatic carbocycles. The molecule has 0 unspecified atom stereocenters. The van der Waals surface area contributed by atoms with E-state index in [-0.39, 0.29) is 12.1 Å². The Hall–Kier alpha value is -13.2. The van der Waals surface area contributed by atoms with Crippen molar-refractivity contribution in [3.05, 3.63) is 356 Å². The molecule has 23 rings (SSSR count). The molecule has 6 heterocycles. The normalized spacial score (nSPS) is 12.8. The number of rotatable bonds is 9. The Labute approximate surface area is 618 Å². The number of furan rings is 2. The van der Waals surface area contributed by atoms with Crippen molar-refractivity contribution in [2.24, 2.45) is 0 Å². The van der Waals surface area contributed by atoms with Gasteiger partial charge < -0.3 is 18.0 Å². The molecular weight excluding hydrogens is 1300 g/mol. The predicted molar refractivity (Wildman–Crippen MR) is 451 cm³/mol. The highest BCUT2D eigenvalue weighted by Crippen LogP contribution is 2.52. The van der Waals surface area contributed by atoms with E-state index in [4.69, 9.17) is 8.83 Å². The maximum Gasteiger partial charge on any atom is 0.252 e. The summed E-state index contributed by atoms with van der Waals surface area (Å²) in [5.41, 5.74) is 29.8. The fourth-order valence-corrected chi connectivity index (χ4v) is 19.5. The fourth-order valence-electron chi connectivity index (χ4n) is 19.5. The number of benzene rings is 17. The molecule has 0 aliphatic carbocycles. The van der Waals surface area contributed by atoms with Crippen molar-refractivity contribution in [3.8, 4) is 67.0 Å². The van der Waals surface area contributed by atoms with Crippen LogP contribution in [0.15, 0.2) is 342 Å². The van der Waals surface area contributed by atoms with Gasteiger partial charge in [-0.1, -0.05) is 307 Å². The van der Waals surface area contributed by atoms with Crippen molar-refractivity contribution in [1.82, 2.24) is 9.13 Å². The number of fused-ring (bicyclic) bond motifs is 23. The first-order valence-corrected chi connectivity index (χ1v) is 37.5. The molecule has 5 heteroatoms. The van der Waals surface area contributed by atoms with E-state index in [0.717, 1.165) is 99.7 Å². The van der Waals surface area contributed by atoms with Crippen LogP contribution < -0.4 is 16.4 Å². The van der Waals surface area contributed by atoms with Gasteiger partial charge in [0.15, 0.2) is 0 Å². The van der Waals surface area contributed by atoms with Crippen molar-refractivity contribution in [2.45, 2.75) is 38.5 Å². The van der Waals surface area contributed by atoms with Crippen molar-refractivity contribution >= 4 is 143 Å². The predicted octanol–water partition coefficient (Wildman–Crippen LogP) is 25.3. The summed E-state index contributed by atoms with van der Waals surface area (Å²) in [6.07, 6.45) is 0. The highest BCUT2D eigenvalue weighted by Gasteiger charge is 2.44. The molecule has 0 atom stereocenters. The lowest BCUT2D eigenvalue weighted by molar-refractivity contribution is 0.641. The summed E-state index contributed by atoms with van der Waals surface area (Å²) in [5, 5.41) is 16.8. The molecule has 0 spiro atoms. The zero-order valence-electron chi connectivity index (χ0n) is 59.5. The SMILES string of the molecule is CC(C)(c1ccccc1)c1ccc2c(c1)c1cc(C(C)(C)c3ccccc3)cc3c1n2-c1cc(-c2c(-c4cccc5c4oc4ccccc45)cccc2-c2cccc4c2oc2ccccc24)cc2c1B3c1cc(-c3ccccc3-c3ccccc3)cc3c4c5c6ccccc6c6ccccc6c5ccc4n-2c13. The van der Waals surface area contributed by atoms with Crippen LogP contribution in [0.4, 0.5) is 0 Å². The lowest BCUT2D eigenvalue weighted by Crippen LogP contribution is -2.59. The van der Waals surface area contributed by atoms with Crippen LogP contribution in [0, 0.1) is 0 Å². The minimum Gasteiger partial charge on any atom is -0.455 e. The Bertz CT molecular complexity index is 7260. The number of aromatic nitrogens is 2. The summed E-state index contributed by atoms with van der Waals surface area (Å²) in [7, 11) is 0. The second kappa shape index (κ2) is 22.2. The van der Waals surface area contributed by atoms with Crippen LogP contribution in [-0.2, 0) is 10.8 Å². The Morgan fingerprint density at radius 1 is 0.262 bits per heavy atom. The van der Waals surface area contributed by atoms with Crippen LogP contribution in [-0.4, -0.2) is 15.8 Å². The van der Waals surface area contributed by atoms with E-state index < -0.39 is 5.41 Å². The minimum absolute atomic E-state index is 0.254. The van der Waals surface area contributed by atoms with E-state index in [1.807, 2.05) is 0 Å². The Morgan fingerprint density at radius 3 is 1.32 bits per heavy atom. The topological polar surface area (TPSA) is 36.1 Å². The average Bonchev–Trinajstić information content (AvgIpc) is 1.53. The van der Waals surface area contributed by atoms with Crippen LogP contribution in [0.5, 0.6) is 0 Å². The van der Waals surface area contributed by atoms with E-state index in [2.05, 4.69) is 370 Å². The maximum absolute atomic E-state index is 7.14.